The first-order chi connectivity index (χ1) is 9.88. The number of nitrogens with zero attached hydrogens (tertiary/aromatic N) is 3. The van der Waals surface area contributed by atoms with Crippen LogP contribution in [-0.2, 0) is 11.3 Å². The molecule has 0 unspecified atom stereocenters. The molecule has 0 aliphatic heterocycles. The molecular weight excluding hydrogens is 413 g/mol. The van der Waals surface area contributed by atoms with Crippen LogP contribution in [-0.4, -0.2) is 48.9 Å². The van der Waals surface area contributed by atoms with Crippen LogP contribution < -0.4 is 10.6 Å². The molecule has 124 valence electrons. The molecule has 1 heterocycles. The fourth-order valence-electron chi connectivity index (χ4n) is 1.34. The topological polar surface area (TPSA) is 69.6 Å². The minimum atomic E-state index is -0.0449. The lowest BCUT2D eigenvalue weighted by Crippen LogP contribution is -2.38. The smallest absolute Gasteiger partial charge is 0.243 e. The second-order valence-electron chi connectivity index (χ2n) is 4.98. The Bertz CT molecular complexity index is 527. The molecule has 1 rings (SSSR count). The SMILES string of the molecule is C=C(C)CNC(=NCC(=O)N(C)C)NCc1ncc(C)s1.I. The molecule has 6 nitrogen and oxygen atoms in total. The van der Waals surface area contributed by atoms with E-state index >= 15 is 0 Å². The highest BCUT2D eigenvalue weighted by molar-refractivity contribution is 14.0. The minimum Gasteiger partial charge on any atom is -0.353 e. The number of aliphatic imine (C=N–C) groups is 1. The van der Waals surface area contributed by atoms with Crippen molar-refractivity contribution in [1.29, 1.82) is 0 Å². The third-order valence-corrected chi connectivity index (χ3v) is 3.42. The number of aryl methyl sites for hydroxylation is 1. The van der Waals surface area contributed by atoms with Crippen LogP contribution >= 0.6 is 35.3 Å². The summed E-state index contributed by atoms with van der Waals surface area (Å²) in [4.78, 5) is 22.9. The summed E-state index contributed by atoms with van der Waals surface area (Å²) in [5.41, 5.74) is 0.994. The number of nitrogens with one attached hydrogen (secondary N) is 2. The number of amides is 1. The van der Waals surface area contributed by atoms with E-state index in [1.54, 1.807) is 25.4 Å². The van der Waals surface area contributed by atoms with Crippen LogP contribution in [0, 0.1) is 6.92 Å². The normalized spacial score (nSPS) is 10.6. The molecule has 22 heavy (non-hydrogen) atoms. The summed E-state index contributed by atoms with van der Waals surface area (Å²) in [5.74, 6) is 0.539. The Morgan fingerprint density at radius 1 is 1.45 bits per heavy atom. The largest absolute Gasteiger partial charge is 0.353 e. The zero-order chi connectivity index (χ0) is 15.8. The van der Waals surface area contributed by atoms with Gasteiger partial charge in [-0.2, -0.15) is 0 Å². The van der Waals surface area contributed by atoms with Crippen molar-refractivity contribution < 1.29 is 4.79 Å². The molecule has 0 spiro atoms. The summed E-state index contributed by atoms with van der Waals surface area (Å²) < 4.78 is 0. The summed E-state index contributed by atoms with van der Waals surface area (Å²) >= 11 is 1.63. The van der Waals surface area contributed by atoms with Crippen LogP contribution in [0.5, 0.6) is 0 Å². The number of carbonyl (C=O) groups excluding carboxylic acids is 1. The first-order valence-corrected chi connectivity index (χ1v) is 7.48. The average molecular weight is 437 g/mol. The van der Waals surface area contributed by atoms with Crippen LogP contribution in [0.1, 0.15) is 16.8 Å². The highest BCUT2D eigenvalue weighted by Crippen LogP contribution is 2.10. The molecule has 8 heteroatoms. The predicted molar refractivity (Wildman–Crippen MR) is 103 cm³/mol. The van der Waals surface area contributed by atoms with Gasteiger partial charge in [-0.05, 0) is 13.8 Å². The summed E-state index contributed by atoms with van der Waals surface area (Å²) in [6.07, 6.45) is 1.84. The lowest BCUT2D eigenvalue weighted by Gasteiger charge is -2.13. The standard InChI is InChI=1S/C14H23N5OS.HI/c1-10(2)6-16-14(18-9-13(20)19(4)5)17-8-12-15-7-11(3)21-12;/h7H,1,6,8-9H2,2-5H3,(H2,16,17,18);1H. The van der Waals surface area contributed by atoms with Crippen molar-refractivity contribution in [2.75, 3.05) is 27.2 Å². The van der Waals surface area contributed by atoms with E-state index in [9.17, 15) is 4.79 Å². The molecule has 0 aromatic carbocycles. The molecule has 0 bridgehead atoms. The fraction of sp³-hybridized carbons (Fsp3) is 0.500. The van der Waals surface area contributed by atoms with Gasteiger partial charge in [0.25, 0.3) is 0 Å². The number of rotatable bonds is 6. The maximum atomic E-state index is 11.6. The Balaban J connectivity index is 0.00000441. The Morgan fingerprint density at radius 3 is 2.64 bits per heavy atom. The van der Waals surface area contributed by atoms with E-state index in [1.165, 1.54) is 9.78 Å². The number of likely N-dealkylation sites (N-methyl/N-ethyl adjacent to an activating group) is 1. The molecule has 1 aromatic heterocycles. The van der Waals surface area contributed by atoms with Crippen LogP contribution in [0.3, 0.4) is 0 Å². The number of aromatic nitrogens is 1. The maximum absolute atomic E-state index is 11.6. The van der Waals surface area contributed by atoms with Gasteiger partial charge >= 0.3 is 0 Å². The fourth-order valence-corrected chi connectivity index (χ4v) is 2.07. The van der Waals surface area contributed by atoms with Gasteiger partial charge in [-0.3, -0.25) is 4.79 Å². The van der Waals surface area contributed by atoms with E-state index in [1.807, 2.05) is 20.0 Å². The van der Waals surface area contributed by atoms with Gasteiger partial charge in [0.1, 0.15) is 11.6 Å². The molecule has 0 atom stereocenters. The van der Waals surface area contributed by atoms with E-state index in [0.717, 1.165) is 10.6 Å². The van der Waals surface area contributed by atoms with Gasteiger partial charge in [0.2, 0.25) is 5.91 Å². The van der Waals surface area contributed by atoms with Gasteiger partial charge < -0.3 is 15.5 Å². The van der Waals surface area contributed by atoms with Gasteiger partial charge in [-0.25, -0.2) is 9.98 Å². The van der Waals surface area contributed by atoms with E-state index in [-0.39, 0.29) is 36.4 Å². The Kier molecular flexibility index (Phi) is 9.99. The van der Waals surface area contributed by atoms with Gasteiger partial charge in [-0.1, -0.05) is 12.2 Å². The number of hydrogen-bond acceptors (Lipinski definition) is 4. The summed E-state index contributed by atoms with van der Waals surface area (Å²) in [5, 5.41) is 7.29. The van der Waals surface area contributed by atoms with Gasteiger partial charge in [0.05, 0.1) is 6.54 Å². The van der Waals surface area contributed by atoms with Crippen molar-refractivity contribution >= 4 is 47.2 Å². The number of hydrogen-bond donors (Lipinski definition) is 2. The molecule has 0 aliphatic rings. The van der Waals surface area contributed by atoms with Crippen LogP contribution in [0.25, 0.3) is 0 Å². The minimum absolute atomic E-state index is 0. The first kappa shape index (κ1) is 20.8. The van der Waals surface area contributed by atoms with Crippen LogP contribution in [0.15, 0.2) is 23.3 Å². The number of thiazole rings is 1. The summed E-state index contributed by atoms with van der Waals surface area (Å²) in [6, 6.07) is 0. The molecule has 0 aliphatic carbocycles. The lowest BCUT2D eigenvalue weighted by molar-refractivity contribution is -0.127. The van der Waals surface area contributed by atoms with Crippen molar-refractivity contribution in [2.24, 2.45) is 4.99 Å². The predicted octanol–water partition coefficient (Wildman–Crippen LogP) is 1.77. The molecule has 2 N–H and O–H groups in total. The molecule has 0 fully saturated rings. The van der Waals surface area contributed by atoms with E-state index in [4.69, 9.17) is 0 Å². The second-order valence-corrected chi connectivity index (χ2v) is 6.30. The third-order valence-electron chi connectivity index (χ3n) is 2.51. The first-order valence-electron chi connectivity index (χ1n) is 6.66. The molecule has 0 radical (unpaired) electrons. The van der Waals surface area contributed by atoms with E-state index in [2.05, 4.69) is 27.2 Å². The van der Waals surface area contributed by atoms with Gasteiger partial charge in [-0.15, -0.1) is 35.3 Å². The molecular formula is C14H24IN5OS. The monoisotopic (exact) mass is 437 g/mol. The quantitative estimate of drug-likeness (QED) is 0.308. The van der Waals surface area contributed by atoms with Crippen molar-refractivity contribution in [1.82, 2.24) is 20.5 Å². The molecule has 0 saturated carbocycles. The Morgan fingerprint density at radius 2 is 2.14 bits per heavy atom. The molecule has 0 saturated heterocycles. The van der Waals surface area contributed by atoms with E-state index in [0.29, 0.717) is 19.0 Å². The number of halogens is 1. The second kappa shape index (κ2) is 10.5. The number of guanidine groups is 1. The molecule has 1 amide bonds. The van der Waals surface area contributed by atoms with Crippen LogP contribution in [0.2, 0.25) is 0 Å². The lowest BCUT2D eigenvalue weighted by atomic mass is 10.3. The third kappa shape index (κ3) is 8.32. The summed E-state index contributed by atoms with van der Waals surface area (Å²) in [6.45, 7) is 9.09. The van der Waals surface area contributed by atoms with Crippen molar-refractivity contribution in [3.05, 3.63) is 28.2 Å². The van der Waals surface area contributed by atoms with Crippen molar-refractivity contribution in [3.8, 4) is 0 Å². The Labute approximate surface area is 153 Å². The number of carbonyl (C=O) groups is 1. The highest BCUT2D eigenvalue weighted by atomic mass is 127. The highest BCUT2D eigenvalue weighted by Gasteiger charge is 2.05. The van der Waals surface area contributed by atoms with Gasteiger partial charge in [0, 0.05) is 31.7 Å². The van der Waals surface area contributed by atoms with Crippen LogP contribution in [0.4, 0.5) is 0 Å². The average Bonchev–Trinajstić information content (AvgIpc) is 2.82. The Hall–Kier alpha value is -1.16. The van der Waals surface area contributed by atoms with E-state index < -0.39 is 0 Å². The van der Waals surface area contributed by atoms with Gasteiger partial charge in [0.15, 0.2) is 5.96 Å². The zero-order valence-electron chi connectivity index (χ0n) is 13.5. The maximum Gasteiger partial charge on any atom is 0.243 e. The van der Waals surface area contributed by atoms with Crippen molar-refractivity contribution in [3.63, 3.8) is 0 Å². The summed E-state index contributed by atoms with van der Waals surface area (Å²) in [7, 11) is 3.43. The zero-order valence-corrected chi connectivity index (χ0v) is 16.6. The molecule has 1 aromatic rings. The van der Waals surface area contributed by atoms with Crippen molar-refractivity contribution in [2.45, 2.75) is 20.4 Å².